The van der Waals surface area contributed by atoms with Crippen LogP contribution < -0.4 is 5.32 Å². The molecule has 118 valence electrons. The number of piperidine rings is 1. The molecule has 1 saturated carbocycles. The molecule has 9 heteroatoms. The summed E-state index contributed by atoms with van der Waals surface area (Å²) in [5.74, 6) is 0.376. The lowest BCUT2D eigenvalue weighted by Gasteiger charge is -2.31. The molecule has 0 unspecified atom stereocenters. The van der Waals surface area contributed by atoms with Crippen molar-refractivity contribution >= 4 is 33.3 Å². The van der Waals surface area contributed by atoms with Crippen molar-refractivity contribution in [3.8, 4) is 0 Å². The molecule has 0 bridgehead atoms. The van der Waals surface area contributed by atoms with E-state index >= 15 is 0 Å². The monoisotopic (exact) mass is 341 g/mol. The third-order valence-corrected chi connectivity index (χ3v) is 6.61. The smallest absolute Gasteiger partial charge is 0.241 e. The van der Waals surface area contributed by atoms with E-state index in [0.29, 0.717) is 31.9 Å². The van der Waals surface area contributed by atoms with Gasteiger partial charge in [0.25, 0.3) is 0 Å². The maximum absolute atomic E-state index is 12.2. The number of aromatic nitrogens is 2. The number of sulfonamides is 1. The Bertz CT molecular complexity index is 706. The summed E-state index contributed by atoms with van der Waals surface area (Å²) < 4.78 is 25.9. The third kappa shape index (κ3) is 3.16. The van der Waals surface area contributed by atoms with E-state index < -0.39 is 10.0 Å². The van der Waals surface area contributed by atoms with Crippen molar-refractivity contribution in [2.75, 3.05) is 18.4 Å². The van der Waals surface area contributed by atoms with E-state index in [2.05, 4.69) is 20.1 Å². The quantitative estimate of drug-likeness (QED) is 0.669. The molecule has 0 aromatic carbocycles. The first-order chi connectivity index (χ1) is 10.5. The molecule has 2 fully saturated rings. The molecule has 1 aromatic heterocycles. The average molecular weight is 342 g/mol. The van der Waals surface area contributed by atoms with E-state index in [0.717, 1.165) is 12.8 Å². The molecule has 2 aliphatic rings. The fourth-order valence-corrected chi connectivity index (χ4v) is 4.56. The van der Waals surface area contributed by atoms with Gasteiger partial charge in [0.05, 0.1) is 11.8 Å². The van der Waals surface area contributed by atoms with Gasteiger partial charge in [0.1, 0.15) is 5.15 Å². The number of rotatable bonds is 4. The van der Waals surface area contributed by atoms with Gasteiger partial charge in [-0.1, -0.05) is 11.6 Å². The predicted molar refractivity (Wildman–Crippen MR) is 83.5 cm³/mol. The van der Waals surface area contributed by atoms with E-state index in [4.69, 9.17) is 18.2 Å². The summed E-state index contributed by atoms with van der Waals surface area (Å²) in [4.78, 5) is 11.3. The van der Waals surface area contributed by atoms with Crippen LogP contribution in [-0.4, -0.2) is 47.1 Å². The van der Waals surface area contributed by atoms with Gasteiger partial charge in [0.2, 0.25) is 21.7 Å². The second kappa shape index (κ2) is 5.99. The number of nitrogens with zero attached hydrogens (tertiary/aromatic N) is 4. The molecule has 3 rings (SSSR count). The van der Waals surface area contributed by atoms with Gasteiger partial charge in [-0.15, -0.1) is 0 Å². The van der Waals surface area contributed by atoms with Gasteiger partial charge in [-0.25, -0.2) is 27.5 Å². The van der Waals surface area contributed by atoms with Crippen LogP contribution in [0.25, 0.3) is 4.85 Å². The van der Waals surface area contributed by atoms with Crippen LogP contribution in [0.3, 0.4) is 0 Å². The van der Waals surface area contributed by atoms with Crippen LogP contribution in [0.2, 0.25) is 5.15 Å². The molecule has 0 atom stereocenters. The van der Waals surface area contributed by atoms with Crippen molar-refractivity contribution in [2.24, 2.45) is 0 Å². The van der Waals surface area contributed by atoms with Gasteiger partial charge in [-0.2, -0.15) is 0 Å². The molecular weight excluding hydrogens is 326 g/mol. The molecule has 0 amide bonds. The lowest BCUT2D eigenvalue weighted by Crippen LogP contribution is -2.43. The van der Waals surface area contributed by atoms with Gasteiger partial charge < -0.3 is 5.32 Å². The minimum atomic E-state index is -3.08. The number of hydrogen-bond acceptors (Lipinski definition) is 5. The van der Waals surface area contributed by atoms with E-state index in [1.165, 1.54) is 6.20 Å². The highest BCUT2D eigenvalue weighted by Crippen LogP contribution is 2.32. The Morgan fingerprint density at radius 1 is 1.32 bits per heavy atom. The number of halogens is 1. The average Bonchev–Trinajstić information content (AvgIpc) is 3.33. The first kappa shape index (κ1) is 15.5. The summed E-state index contributed by atoms with van der Waals surface area (Å²) in [6, 6.07) is 0.112. The Morgan fingerprint density at radius 3 is 2.55 bits per heavy atom. The minimum Gasteiger partial charge on any atom is -0.351 e. The van der Waals surface area contributed by atoms with Crippen molar-refractivity contribution in [3.05, 3.63) is 22.8 Å². The Hall–Kier alpha value is -1.43. The summed E-state index contributed by atoms with van der Waals surface area (Å²) in [6.07, 6.45) is 4.38. The van der Waals surface area contributed by atoms with Crippen LogP contribution in [0.1, 0.15) is 25.7 Å². The fourth-order valence-electron chi connectivity index (χ4n) is 2.51. The van der Waals surface area contributed by atoms with Crippen LogP contribution in [0.4, 0.5) is 11.6 Å². The van der Waals surface area contributed by atoms with Crippen LogP contribution in [-0.2, 0) is 10.0 Å². The fraction of sp³-hybridized carbons (Fsp3) is 0.615. The van der Waals surface area contributed by atoms with Crippen molar-refractivity contribution in [3.63, 3.8) is 0 Å². The molecule has 0 radical (unpaired) electrons. The Kier molecular flexibility index (Phi) is 4.21. The van der Waals surface area contributed by atoms with Crippen LogP contribution in [0.15, 0.2) is 6.20 Å². The van der Waals surface area contributed by atoms with E-state index in [1.807, 2.05) is 0 Å². The minimum absolute atomic E-state index is 0.112. The normalized spacial score (nSPS) is 20.5. The number of hydrogen-bond donors (Lipinski definition) is 1. The van der Waals surface area contributed by atoms with Crippen LogP contribution >= 0.6 is 11.6 Å². The third-order valence-electron chi connectivity index (χ3n) is 3.94. The zero-order chi connectivity index (χ0) is 15.7. The highest BCUT2D eigenvalue weighted by Gasteiger charge is 2.41. The SMILES string of the molecule is [C-]#[N+]c1cnc(NC2CCN(S(=O)(=O)C3CC3)CC2)nc1Cl. The summed E-state index contributed by atoms with van der Waals surface area (Å²) >= 11 is 5.88. The zero-order valence-corrected chi connectivity index (χ0v) is 13.4. The summed E-state index contributed by atoms with van der Waals surface area (Å²) in [7, 11) is -3.08. The largest absolute Gasteiger partial charge is 0.351 e. The first-order valence-electron chi connectivity index (χ1n) is 7.16. The number of anilines is 1. The van der Waals surface area contributed by atoms with E-state index in [1.54, 1.807) is 4.31 Å². The molecule has 7 nitrogen and oxygen atoms in total. The van der Waals surface area contributed by atoms with Crippen molar-refractivity contribution in [2.45, 2.75) is 37.0 Å². The summed E-state index contributed by atoms with van der Waals surface area (Å²) in [5, 5.41) is 3.13. The Labute approximate surface area is 134 Å². The van der Waals surface area contributed by atoms with Crippen molar-refractivity contribution in [1.29, 1.82) is 0 Å². The first-order valence-corrected chi connectivity index (χ1v) is 9.04. The standard InChI is InChI=1S/C13H16ClN5O2S/c1-15-11-8-16-13(18-12(11)14)17-9-4-6-19(7-5-9)22(20,21)10-2-3-10/h8-10H,2-7H2,(H,16,17,18). The maximum atomic E-state index is 12.2. The molecular formula is C13H16ClN5O2S. The summed E-state index contributed by atoms with van der Waals surface area (Å²) in [6.45, 7) is 7.94. The predicted octanol–water partition coefficient (Wildman–Crippen LogP) is 2.05. The van der Waals surface area contributed by atoms with Gasteiger partial charge in [0, 0.05) is 25.3 Å². The van der Waals surface area contributed by atoms with Gasteiger partial charge in [0.15, 0.2) is 0 Å². The number of nitrogens with one attached hydrogen (secondary N) is 1. The highest BCUT2D eigenvalue weighted by atomic mass is 35.5. The molecule has 1 aliphatic carbocycles. The van der Waals surface area contributed by atoms with Crippen molar-refractivity contribution in [1.82, 2.24) is 14.3 Å². The molecule has 2 heterocycles. The Balaban J connectivity index is 1.58. The van der Waals surface area contributed by atoms with Gasteiger partial charge >= 0.3 is 0 Å². The van der Waals surface area contributed by atoms with E-state index in [9.17, 15) is 8.42 Å². The van der Waals surface area contributed by atoms with Gasteiger partial charge in [-0.05, 0) is 25.7 Å². The second-order valence-corrected chi connectivity index (χ2v) is 8.11. The van der Waals surface area contributed by atoms with Gasteiger partial charge in [-0.3, -0.25) is 0 Å². The lowest BCUT2D eigenvalue weighted by atomic mass is 10.1. The van der Waals surface area contributed by atoms with Crippen LogP contribution in [0.5, 0.6) is 0 Å². The zero-order valence-electron chi connectivity index (χ0n) is 11.9. The molecule has 1 N–H and O–H groups in total. The molecule has 22 heavy (non-hydrogen) atoms. The van der Waals surface area contributed by atoms with E-state index in [-0.39, 0.29) is 22.1 Å². The van der Waals surface area contributed by atoms with Crippen LogP contribution in [0, 0.1) is 6.57 Å². The Morgan fingerprint density at radius 2 is 2.00 bits per heavy atom. The molecule has 1 saturated heterocycles. The molecule has 1 aromatic rings. The second-order valence-electron chi connectivity index (χ2n) is 5.54. The topological polar surface area (TPSA) is 79.5 Å². The maximum Gasteiger partial charge on any atom is 0.241 e. The molecule has 1 aliphatic heterocycles. The lowest BCUT2D eigenvalue weighted by molar-refractivity contribution is 0.328. The summed E-state index contributed by atoms with van der Waals surface area (Å²) in [5.41, 5.74) is 0.220. The highest BCUT2D eigenvalue weighted by molar-refractivity contribution is 7.90. The van der Waals surface area contributed by atoms with Crippen molar-refractivity contribution < 1.29 is 8.42 Å². The molecule has 0 spiro atoms.